The van der Waals surface area contributed by atoms with Gasteiger partial charge in [-0.25, -0.2) is 0 Å². The summed E-state index contributed by atoms with van der Waals surface area (Å²) in [6.45, 7) is 2.99. The number of morpholine rings is 1. The van der Waals surface area contributed by atoms with E-state index < -0.39 is 0 Å². The average molecular weight is 350 g/mol. The van der Waals surface area contributed by atoms with Crippen molar-refractivity contribution in [1.29, 1.82) is 0 Å². The van der Waals surface area contributed by atoms with Crippen LogP contribution in [-0.2, 0) is 4.74 Å². The minimum absolute atomic E-state index is 0.567. The zero-order valence-electron chi connectivity index (χ0n) is 11.7. The van der Waals surface area contributed by atoms with E-state index in [9.17, 15) is 0 Å². The van der Waals surface area contributed by atoms with Crippen LogP contribution in [0, 0.1) is 0 Å². The molecule has 2 heterocycles. The Labute approximate surface area is 131 Å². The van der Waals surface area contributed by atoms with Crippen molar-refractivity contribution in [3.05, 3.63) is 28.7 Å². The molecule has 0 spiro atoms. The van der Waals surface area contributed by atoms with Gasteiger partial charge in [-0.1, -0.05) is 34.1 Å². The summed E-state index contributed by atoms with van der Waals surface area (Å²) < 4.78 is 6.34. The van der Waals surface area contributed by atoms with Crippen LogP contribution in [0.3, 0.4) is 0 Å². The Morgan fingerprint density at radius 3 is 2.62 bits per heavy atom. The van der Waals surface area contributed by atoms with E-state index in [0.717, 1.165) is 23.1 Å². The number of anilines is 2. The van der Waals surface area contributed by atoms with Crippen molar-refractivity contribution in [3.63, 3.8) is 0 Å². The maximum Gasteiger partial charge on any atom is 0.230 e. The van der Waals surface area contributed by atoms with Gasteiger partial charge >= 0.3 is 0 Å². The molecule has 1 aliphatic heterocycles. The van der Waals surface area contributed by atoms with Crippen molar-refractivity contribution in [3.8, 4) is 11.4 Å². The number of ether oxygens (including phenoxy) is 1. The van der Waals surface area contributed by atoms with Crippen LogP contribution in [0.15, 0.2) is 28.7 Å². The van der Waals surface area contributed by atoms with E-state index in [1.165, 1.54) is 0 Å². The third-order valence-corrected chi connectivity index (χ3v) is 3.95. The smallest absolute Gasteiger partial charge is 0.230 e. The molecule has 1 aromatic heterocycles. The molecule has 1 saturated heterocycles. The van der Waals surface area contributed by atoms with Crippen molar-refractivity contribution >= 4 is 27.8 Å². The summed E-state index contributed by atoms with van der Waals surface area (Å²) in [7, 11) is 1.81. The molecule has 0 saturated carbocycles. The highest BCUT2D eigenvalue weighted by molar-refractivity contribution is 9.10. The van der Waals surface area contributed by atoms with Crippen LogP contribution in [0.2, 0.25) is 0 Å². The third kappa shape index (κ3) is 3.14. The van der Waals surface area contributed by atoms with Crippen molar-refractivity contribution in [2.75, 3.05) is 43.6 Å². The van der Waals surface area contributed by atoms with Gasteiger partial charge < -0.3 is 15.0 Å². The van der Waals surface area contributed by atoms with Crippen LogP contribution in [-0.4, -0.2) is 48.3 Å². The van der Waals surface area contributed by atoms with E-state index in [-0.39, 0.29) is 0 Å². The SMILES string of the molecule is CNc1nc(-c2ccccc2Br)nc(N2CCOCC2)n1. The minimum atomic E-state index is 0.567. The Kier molecular flexibility index (Phi) is 4.31. The Morgan fingerprint density at radius 1 is 1.14 bits per heavy atom. The number of aromatic nitrogens is 3. The number of nitrogens with zero attached hydrogens (tertiary/aromatic N) is 4. The standard InChI is InChI=1S/C14H16BrN5O/c1-16-13-17-12(10-4-2-3-5-11(10)15)18-14(19-13)20-6-8-21-9-7-20/h2-5H,6-9H2,1H3,(H,16,17,18,19). The van der Waals surface area contributed by atoms with E-state index in [1.807, 2.05) is 31.3 Å². The Hall–Kier alpha value is -1.73. The quantitative estimate of drug-likeness (QED) is 0.916. The Balaban J connectivity index is 2.02. The van der Waals surface area contributed by atoms with E-state index >= 15 is 0 Å². The van der Waals surface area contributed by atoms with Gasteiger partial charge in [-0.05, 0) is 6.07 Å². The zero-order valence-corrected chi connectivity index (χ0v) is 13.3. The third-order valence-electron chi connectivity index (χ3n) is 3.26. The highest BCUT2D eigenvalue weighted by atomic mass is 79.9. The first-order valence-electron chi connectivity index (χ1n) is 6.79. The highest BCUT2D eigenvalue weighted by Gasteiger charge is 2.17. The van der Waals surface area contributed by atoms with Crippen LogP contribution in [0.25, 0.3) is 11.4 Å². The summed E-state index contributed by atoms with van der Waals surface area (Å²) >= 11 is 3.55. The Morgan fingerprint density at radius 2 is 1.90 bits per heavy atom. The maximum absolute atomic E-state index is 5.38. The van der Waals surface area contributed by atoms with Crippen LogP contribution in [0.5, 0.6) is 0 Å². The monoisotopic (exact) mass is 349 g/mol. The van der Waals surface area contributed by atoms with Gasteiger partial charge in [0, 0.05) is 30.2 Å². The molecule has 0 radical (unpaired) electrons. The van der Waals surface area contributed by atoms with E-state index in [1.54, 1.807) is 0 Å². The predicted octanol–water partition coefficient (Wildman–Crippen LogP) is 2.18. The first-order valence-corrected chi connectivity index (χ1v) is 7.58. The fraction of sp³-hybridized carbons (Fsp3) is 0.357. The van der Waals surface area contributed by atoms with Gasteiger partial charge in [0.1, 0.15) is 0 Å². The molecular weight excluding hydrogens is 334 g/mol. The van der Waals surface area contributed by atoms with E-state index in [4.69, 9.17) is 4.74 Å². The fourth-order valence-electron chi connectivity index (χ4n) is 2.14. The zero-order chi connectivity index (χ0) is 14.7. The largest absolute Gasteiger partial charge is 0.378 e. The number of halogens is 1. The van der Waals surface area contributed by atoms with Crippen LogP contribution >= 0.6 is 15.9 Å². The fourth-order valence-corrected chi connectivity index (χ4v) is 2.61. The number of hydrogen-bond donors (Lipinski definition) is 1. The van der Waals surface area contributed by atoms with Gasteiger partial charge in [-0.2, -0.15) is 15.0 Å². The van der Waals surface area contributed by atoms with Crippen molar-refractivity contribution in [2.24, 2.45) is 0 Å². The Bertz CT molecular complexity index is 631. The molecule has 6 nitrogen and oxygen atoms in total. The molecule has 0 amide bonds. The molecule has 1 aliphatic rings. The van der Waals surface area contributed by atoms with Gasteiger partial charge in [0.05, 0.1) is 13.2 Å². The van der Waals surface area contributed by atoms with Gasteiger partial charge in [-0.15, -0.1) is 0 Å². The van der Waals surface area contributed by atoms with Gasteiger partial charge in [0.25, 0.3) is 0 Å². The van der Waals surface area contributed by atoms with E-state index in [2.05, 4.69) is 41.1 Å². The molecule has 0 atom stereocenters. The van der Waals surface area contributed by atoms with Gasteiger partial charge in [0.2, 0.25) is 11.9 Å². The normalized spacial score (nSPS) is 15.0. The van der Waals surface area contributed by atoms with Crippen molar-refractivity contribution in [1.82, 2.24) is 15.0 Å². The number of benzene rings is 1. The lowest BCUT2D eigenvalue weighted by Crippen LogP contribution is -2.37. The molecule has 3 rings (SSSR count). The minimum Gasteiger partial charge on any atom is -0.378 e. The summed E-state index contributed by atoms with van der Waals surface area (Å²) in [6, 6.07) is 7.91. The van der Waals surface area contributed by atoms with E-state index in [0.29, 0.717) is 30.9 Å². The molecule has 0 aliphatic carbocycles. The molecule has 1 fully saturated rings. The molecule has 110 valence electrons. The number of nitrogens with one attached hydrogen (secondary N) is 1. The summed E-state index contributed by atoms with van der Waals surface area (Å²) in [5, 5.41) is 3.00. The number of hydrogen-bond acceptors (Lipinski definition) is 6. The highest BCUT2D eigenvalue weighted by Crippen LogP contribution is 2.27. The molecule has 0 unspecified atom stereocenters. The summed E-state index contributed by atoms with van der Waals surface area (Å²) in [6.07, 6.45) is 0. The van der Waals surface area contributed by atoms with Crippen LogP contribution in [0.1, 0.15) is 0 Å². The topological polar surface area (TPSA) is 63.2 Å². The van der Waals surface area contributed by atoms with Gasteiger partial charge in [0.15, 0.2) is 5.82 Å². The number of rotatable bonds is 3. The maximum atomic E-state index is 5.38. The molecule has 7 heteroatoms. The molecule has 21 heavy (non-hydrogen) atoms. The second-order valence-electron chi connectivity index (χ2n) is 4.61. The molecule has 0 bridgehead atoms. The van der Waals surface area contributed by atoms with Gasteiger partial charge in [-0.3, -0.25) is 0 Å². The average Bonchev–Trinajstić information content (AvgIpc) is 2.55. The molecule has 1 N–H and O–H groups in total. The lowest BCUT2D eigenvalue weighted by molar-refractivity contribution is 0.122. The van der Waals surface area contributed by atoms with Crippen molar-refractivity contribution < 1.29 is 4.74 Å². The molecule has 2 aromatic rings. The summed E-state index contributed by atoms with van der Waals surface area (Å²) in [4.78, 5) is 15.6. The lowest BCUT2D eigenvalue weighted by atomic mass is 10.2. The summed E-state index contributed by atoms with van der Waals surface area (Å²) in [5.74, 6) is 1.91. The van der Waals surface area contributed by atoms with Crippen molar-refractivity contribution in [2.45, 2.75) is 0 Å². The second kappa shape index (κ2) is 6.36. The lowest BCUT2D eigenvalue weighted by Gasteiger charge is -2.27. The molecular formula is C14H16BrN5O. The predicted molar refractivity (Wildman–Crippen MR) is 85.5 cm³/mol. The molecule has 1 aromatic carbocycles. The first-order chi connectivity index (χ1) is 10.3. The van der Waals surface area contributed by atoms with Crippen LogP contribution in [0.4, 0.5) is 11.9 Å². The second-order valence-corrected chi connectivity index (χ2v) is 5.47. The summed E-state index contributed by atoms with van der Waals surface area (Å²) in [5.41, 5.74) is 0.950. The van der Waals surface area contributed by atoms with Crippen LogP contribution < -0.4 is 10.2 Å². The first kappa shape index (κ1) is 14.2.